The number of likely N-dealkylation sites (tertiary alicyclic amines) is 1. The Hall–Kier alpha value is -1.14. The molecule has 0 aliphatic carbocycles. The van der Waals surface area contributed by atoms with Crippen molar-refractivity contribution in [3.8, 4) is 0 Å². The molecule has 2 unspecified atom stereocenters. The van der Waals surface area contributed by atoms with Crippen molar-refractivity contribution in [2.75, 3.05) is 19.6 Å². The predicted octanol–water partition coefficient (Wildman–Crippen LogP) is 1.23. The topological polar surface area (TPSA) is 74.0 Å². The minimum Gasteiger partial charge on any atom is -0.371 e. The van der Waals surface area contributed by atoms with Crippen LogP contribution >= 0.6 is 0 Å². The number of hydrogen-bond acceptors (Lipinski definition) is 4. The van der Waals surface area contributed by atoms with E-state index in [9.17, 15) is 4.79 Å². The molecule has 0 saturated carbocycles. The third kappa shape index (κ3) is 3.12. The number of nitrogens with zero attached hydrogens (tertiary/aromatic N) is 2. The minimum absolute atomic E-state index is 0.0350. The highest BCUT2D eigenvalue weighted by Gasteiger charge is 2.34. The van der Waals surface area contributed by atoms with Gasteiger partial charge < -0.3 is 9.64 Å². The minimum atomic E-state index is -0.210. The maximum atomic E-state index is 11.2. The quantitative estimate of drug-likeness (QED) is 0.873. The molecule has 20 heavy (non-hydrogen) atoms. The summed E-state index contributed by atoms with van der Waals surface area (Å²) in [4.78, 5) is 16.4. The van der Waals surface area contributed by atoms with E-state index >= 15 is 0 Å². The predicted molar refractivity (Wildman–Crippen MR) is 75.8 cm³/mol. The van der Waals surface area contributed by atoms with Gasteiger partial charge in [0.25, 0.3) is 0 Å². The summed E-state index contributed by atoms with van der Waals surface area (Å²) in [5.74, 6) is 1.13. The molecule has 2 aliphatic heterocycles. The van der Waals surface area contributed by atoms with Crippen LogP contribution < -0.4 is 5.69 Å². The van der Waals surface area contributed by atoms with E-state index < -0.39 is 0 Å². The summed E-state index contributed by atoms with van der Waals surface area (Å²) in [6.07, 6.45) is 4.88. The van der Waals surface area contributed by atoms with Crippen LogP contribution in [0.2, 0.25) is 0 Å². The van der Waals surface area contributed by atoms with Crippen LogP contribution in [-0.2, 0) is 4.74 Å². The first-order valence-electron chi connectivity index (χ1n) is 7.57. The highest BCUT2D eigenvalue weighted by molar-refractivity contribution is 4.97. The largest absolute Gasteiger partial charge is 0.371 e. The standard InChI is InChI=1S/C14H24N4O2/c1-14(2)6-5-11(20-14)9-18-7-3-4-10(8-18)12-15-13(19)17-16-12/h10-11H,3-9H2,1-2H3,(H2,15,16,17,19). The average molecular weight is 280 g/mol. The van der Waals surface area contributed by atoms with Crippen molar-refractivity contribution in [1.29, 1.82) is 0 Å². The van der Waals surface area contributed by atoms with Crippen LogP contribution in [0.5, 0.6) is 0 Å². The number of aromatic nitrogens is 3. The highest BCUT2D eigenvalue weighted by atomic mass is 16.5. The Labute approximate surface area is 118 Å². The summed E-state index contributed by atoms with van der Waals surface area (Å²) in [7, 11) is 0. The lowest BCUT2D eigenvalue weighted by Crippen LogP contribution is -2.40. The van der Waals surface area contributed by atoms with E-state index in [1.807, 2.05) is 0 Å². The first-order valence-corrected chi connectivity index (χ1v) is 7.57. The molecule has 3 heterocycles. The van der Waals surface area contributed by atoms with Gasteiger partial charge in [0, 0.05) is 19.0 Å². The van der Waals surface area contributed by atoms with E-state index in [1.165, 1.54) is 0 Å². The highest BCUT2D eigenvalue weighted by Crippen LogP contribution is 2.31. The van der Waals surface area contributed by atoms with Gasteiger partial charge in [-0.25, -0.2) is 9.89 Å². The molecule has 1 aromatic heterocycles. The summed E-state index contributed by atoms with van der Waals surface area (Å²) in [6.45, 7) is 7.40. The second-order valence-electron chi connectivity index (χ2n) is 6.70. The van der Waals surface area contributed by atoms with Crippen LogP contribution in [0.3, 0.4) is 0 Å². The first kappa shape index (κ1) is 13.8. The molecule has 3 rings (SSSR count). The molecule has 2 N–H and O–H groups in total. The van der Waals surface area contributed by atoms with Crippen molar-refractivity contribution in [2.24, 2.45) is 0 Å². The fourth-order valence-corrected chi connectivity index (χ4v) is 3.42. The Kier molecular flexibility index (Phi) is 3.69. The Morgan fingerprint density at radius 2 is 2.30 bits per heavy atom. The lowest BCUT2D eigenvalue weighted by atomic mass is 9.97. The first-order chi connectivity index (χ1) is 9.52. The molecule has 0 aromatic carbocycles. The van der Waals surface area contributed by atoms with E-state index in [4.69, 9.17) is 4.74 Å². The number of rotatable bonds is 3. The van der Waals surface area contributed by atoms with Crippen LogP contribution in [0, 0.1) is 0 Å². The fraction of sp³-hybridized carbons (Fsp3) is 0.857. The van der Waals surface area contributed by atoms with Gasteiger partial charge in [0.15, 0.2) is 0 Å². The van der Waals surface area contributed by atoms with Gasteiger partial charge in [-0.3, -0.25) is 4.98 Å². The molecule has 0 radical (unpaired) electrons. The van der Waals surface area contributed by atoms with Crippen molar-refractivity contribution in [3.63, 3.8) is 0 Å². The monoisotopic (exact) mass is 280 g/mol. The molecule has 2 aliphatic rings. The zero-order valence-corrected chi connectivity index (χ0v) is 12.3. The molecule has 0 amide bonds. The third-order valence-corrected chi connectivity index (χ3v) is 4.43. The van der Waals surface area contributed by atoms with Gasteiger partial charge in [0.2, 0.25) is 0 Å². The summed E-state index contributed by atoms with van der Waals surface area (Å²) < 4.78 is 6.08. The number of H-pyrrole nitrogens is 2. The molecule has 2 fully saturated rings. The lowest BCUT2D eigenvalue weighted by molar-refractivity contribution is -0.0314. The molecule has 2 atom stereocenters. The number of piperidine rings is 1. The Morgan fingerprint density at radius 1 is 1.45 bits per heavy atom. The molecule has 2 saturated heterocycles. The van der Waals surface area contributed by atoms with Crippen LogP contribution in [0.15, 0.2) is 4.79 Å². The Morgan fingerprint density at radius 3 is 2.95 bits per heavy atom. The maximum Gasteiger partial charge on any atom is 0.340 e. The molecule has 6 heteroatoms. The van der Waals surface area contributed by atoms with Crippen LogP contribution in [0.1, 0.15) is 51.3 Å². The van der Waals surface area contributed by atoms with E-state index in [-0.39, 0.29) is 11.3 Å². The molecule has 1 aromatic rings. The van der Waals surface area contributed by atoms with E-state index in [0.29, 0.717) is 12.0 Å². The summed E-state index contributed by atoms with van der Waals surface area (Å²) in [5, 5.41) is 6.54. The molecule has 0 spiro atoms. The molecule has 6 nitrogen and oxygen atoms in total. The molecular formula is C14H24N4O2. The molecule has 112 valence electrons. The fourth-order valence-electron chi connectivity index (χ4n) is 3.42. The van der Waals surface area contributed by atoms with Gasteiger partial charge in [-0.1, -0.05) is 0 Å². The summed E-state index contributed by atoms with van der Waals surface area (Å²) in [6, 6.07) is 0. The van der Waals surface area contributed by atoms with Gasteiger partial charge in [0.1, 0.15) is 5.82 Å². The van der Waals surface area contributed by atoms with Gasteiger partial charge in [0.05, 0.1) is 11.7 Å². The van der Waals surface area contributed by atoms with Gasteiger partial charge in [-0.15, -0.1) is 0 Å². The zero-order chi connectivity index (χ0) is 14.2. The Balaban J connectivity index is 1.57. The number of hydrogen-bond donors (Lipinski definition) is 2. The lowest BCUT2D eigenvalue weighted by Gasteiger charge is -2.33. The van der Waals surface area contributed by atoms with Crippen molar-refractivity contribution in [2.45, 2.75) is 57.2 Å². The van der Waals surface area contributed by atoms with Gasteiger partial charge >= 0.3 is 5.69 Å². The van der Waals surface area contributed by atoms with Crippen molar-refractivity contribution in [3.05, 3.63) is 16.3 Å². The number of nitrogens with one attached hydrogen (secondary N) is 2. The molecular weight excluding hydrogens is 256 g/mol. The van der Waals surface area contributed by atoms with Crippen LogP contribution in [-0.4, -0.2) is 51.4 Å². The average Bonchev–Trinajstić information content (AvgIpc) is 2.96. The van der Waals surface area contributed by atoms with E-state index in [1.54, 1.807) is 0 Å². The second-order valence-corrected chi connectivity index (χ2v) is 6.70. The van der Waals surface area contributed by atoms with Crippen LogP contribution in [0.25, 0.3) is 0 Å². The molecule has 0 bridgehead atoms. The van der Waals surface area contributed by atoms with Crippen LogP contribution in [0.4, 0.5) is 0 Å². The van der Waals surface area contributed by atoms with Crippen molar-refractivity contribution < 1.29 is 4.74 Å². The summed E-state index contributed by atoms with van der Waals surface area (Å²) >= 11 is 0. The van der Waals surface area contributed by atoms with E-state index in [0.717, 1.165) is 51.1 Å². The zero-order valence-electron chi connectivity index (χ0n) is 12.3. The van der Waals surface area contributed by atoms with E-state index in [2.05, 4.69) is 33.9 Å². The smallest absolute Gasteiger partial charge is 0.340 e. The third-order valence-electron chi connectivity index (χ3n) is 4.43. The maximum absolute atomic E-state index is 11.2. The SMILES string of the molecule is CC1(C)CCC(CN2CCCC(c3n[nH]c(=O)[nH]3)C2)O1. The number of ether oxygens (including phenoxy) is 1. The Bertz CT molecular complexity index is 507. The van der Waals surface area contributed by atoms with Crippen molar-refractivity contribution in [1.82, 2.24) is 20.1 Å². The number of aromatic amines is 2. The van der Waals surface area contributed by atoms with Gasteiger partial charge in [-0.05, 0) is 46.1 Å². The van der Waals surface area contributed by atoms with Gasteiger partial charge in [-0.2, -0.15) is 5.10 Å². The van der Waals surface area contributed by atoms with Crippen molar-refractivity contribution >= 4 is 0 Å². The normalized spacial score (nSPS) is 30.7. The summed E-state index contributed by atoms with van der Waals surface area (Å²) in [5.41, 5.74) is -0.175. The second kappa shape index (κ2) is 5.33.